The third-order valence-electron chi connectivity index (χ3n) is 4.25. The number of rotatable bonds is 7. The van der Waals surface area contributed by atoms with Gasteiger partial charge >= 0.3 is 5.97 Å². The Morgan fingerprint density at radius 2 is 1.79 bits per heavy atom. The first-order valence-electron chi connectivity index (χ1n) is 8.39. The largest absolute Gasteiger partial charge is 0.454 e. The molecular weight excluding hydrogens is 384 g/mol. The molecule has 150 valence electrons. The number of carbonyl (C=O) groups excluding carboxylic acids is 3. The third-order valence-corrected chi connectivity index (χ3v) is 6.06. The fourth-order valence-corrected chi connectivity index (χ4v) is 3.79. The fraction of sp³-hybridized carbons (Fsp3) is 0.316. The highest BCUT2D eigenvalue weighted by atomic mass is 32.2. The normalized spacial score (nSPS) is 11.5. The molecule has 9 heteroatoms. The van der Waals surface area contributed by atoms with Crippen LogP contribution in [-0.2, 0) is 14.8 Å². The van der Waals surface area contributed by atoms with E-state index in [-0.39, 0.29) is 21.9 Å². The third kappa shape index (κ3) is 4.20. The molecule has 0 spiro atoms. The van der Waals surface area contributed by atoms with E-state index in [1.165, 1.54) is 45.3 Å². The maximum atomic E-state index is 12.4. The van der Waals surface area contributed by atoms with Gasteiger partial charge in [0.1, 0.15) is 0 Å². The molecule has 0 aliphatic carbocycles. The second-order valence-electron chi connectivity index (χ2n) is 6.50. The molecule has 2 aromatic rings. The van der Waals surface area contributed by atoms with Crippen LogP contribution in [0.4, 0.5) is 0 Å². The Kier molecular flexibility index (Phi) is 6.20. The van der Waals surface area contributed by atoms with Crippen LogP contribution in [0.1, 0.15) is 49.4 Å². The van der Waals surface area contributed by atoms with Crippen LogP contribution in [0.25, 0.3) is 0 Å². The van der Waals surface area contributed by atoms with E-state index < -0.39 is 28.4 Å². The minimum atomic E-state index is -3.70. The number of H-pyrrole nitrogens is 1. The van der Waals surface area contributed by atoms with Crippen molar-refractivity contribution < 1.29 is 27.5 Å². The molecule has 0 saturated carbocycles. The maximum Gasteiger partial charge on any atom is 0.338 e. The van der Waals surface area contributed by atoms with Gasteiger partial charge < -0.3 is 9.72 Å². The summed E-state index contributed by atoms with van der Waals surface area (Å²) in [5.41, 5.74) is 1.74. The second kappa shape index (κ2) is 8.07. The first-order chi connectivity index (χ1) is 13.0. The second-order valence-corrected chi connectivity index (χ2v) is 8.65. The lowest BCUT2D eigenvalue weighted by Crippen LogP contribution is -2.22. The average Bonchev–Trinajstić information content (AvgIpc) is 2.93. The Balaban J connectivity index is 2.16. The number of aryl methyl sites for hydroxylation is 1. The van der Waals surface area contributed by atoms with E-state index in [9.17, 15) is 22.8 Å². The van der Waals surface area contributed by atoms with Gasteiger partial charge in [-0.05, 0) is 44.5 Å². The molecule has 0 atom stereocenters. The van der Waals surface area contributed by atoms with E-state index in [2.05, 4.69) is 4.98 Å². The number of aromatic amines is 1. The van der Waals surface area contributed by atoms with Gasteiger partial charge in [-0.2, -0.15) is 0 Å². The molecule has 1 heterocycles. The quantitative estimate of drug-likeness (QED) is 0.557. The van der Waals surface area contributed by atoms with Gasteiger partial charge in [0, 0.05) is 25.4 Å². The summed E-state index contributed by atoms with van der Waals surface area (Å²) in [5.74, 6) is -1.48. The number of Topliss-reactive ketones (excluding diaryl/α,β-unsaturated/α-hetero) is 2. The Morgan fingerprint density at radius 1 is 1.14 bits per heavy atom. The summed E-state index contributed by atoms with van der Waals surface area (Å²) in [6.07, 6.45) is 0. The highest BCUT2D eigenvalue weighted by Crippen LogP contribution is 2.19. The summed E-state index contributed by atoms with van der Waals surface area (Å²) >= 11 is 0. The zero-order valence-corrected chi connectivity index (χ0v) is 17.1. The number of ether oxygens (including phenoxy) is 1. The first kappa shape index (κ1) is 21.5. The monoisotopic (exact) mass is 406 g/mol. The van der Waals surface area contributed by atoms with Crippen LogP contribution in [0.5, 0.6) is 0 Å². The Bertz CT molecular complexity index is 1050. The standard InChI is InChI=1S/C19H22N2O6S/c1-11-17(13(3)22)12(2)20-18(11)16(23)10-27-19(24)14-7-6-8-15(9-14)28(25,26)21(4)5/h6-9,20H,10H2,1-5H3. The maximum absolute atomic E-state index is 12.4. The van der Waals surface area contributed by atoms with Crippen LogP contribution >= 0.6 is 0 Å². The number of aromatic nitrogens is 1. The van der Waals surface area contributed by atoms with Crippen LogP contribution in [0.3, 0.4) is 0 Å². The fourth-order valence-electron chi connectivity index (χ4n) is 2.84. The Hall–Kier alpha value is -2.78. The van der Waals surface area contributed by atoms with E-state index in [0.717, 1.165) is 4.31 Å². The lowest BCUT2D eigenvalue weighted by Gasteiger charge is -2.12. The summed E-state index contributed by atoms with van der Waals surface area (Å²) in [4.78, 5) is 39.1. The molecule has 0 aliphatic heterocycles. The number of nitrogens with one attached hydrogen (secondary N) is 1. The number of esters is 1. The van der Waals surface area contributed by atoms with E-state index in [4.69, 9.17) is 4.74 Å². The molecule has 0 radical (unpaired) electrons. The van der Waals surface area contributed by atoms with Crippen molar-refractivity contribution in [3.8, 4) is 0 Å². The molecule has 0 bridgehead atoms. The molecule has 0 saturated heterocycles. The van der Waals surface area contributed by atoms with Crippen LogP contribution in [0.2, 0.25) is 0 Å². The predicted molar refractivity (Wildman–Crippen MR) is 102 cm³/mol. The van der Waals surface area contributed by atoms with Crippen LogP contribution in [0.15, 0.2) is 29.2 Å². The predicted octanol–water partition coefficient (Wildman–Crippen LogP) is 2.12. The molecule has 2 rings (SSSR count). The van der Waals surface area contributed by atoms with Crippen LogP contribution in [0, 0.1) is 13.8 Å². The molecule has 1 N–H and O–H groups in total. The van der Waals surface area contributed by atoms with E-state index in [1.807, 2.05) is 0 Å². The van der Waals surface area contributed by atoms with Gasteiger partial charge in [-0.25, -0.2) is 17.5 Å². The molecule has 28 heavy (non-hydrogen) atoms. The van der Waals surface area contributed by atoms with Gasteiger partial charge in [-0.3, -0.25) is 9.59 Å². The van der Waals surface area contributed by atoms with Gasteiger partial charge in [-0.1, -0.05) is 6.07 Å². The van der Waals surface area contributed by atoms with E-state index in [1.54, 1.807) is 13.8 Å². The Labute approximate surface area is 163 Å². The van der Waals surface area contributed by atoms with Crippen molar-refractivity contribution in [2.24, 2.45) is 0 Å². The SMILES string of the molecule is CC(=O)c1c(C)[nH]c(C(=O)COC(=O)c2cccc(S(=O)(=O)N(C)C)c2)c1C. The number of benzene rings is 1. The minimum absolute atomic E-state index is 0.0135. The van der Waals surface area contributed by atoms with Crippen molar-refractivity contribution in [1.29, 1.82) is 0 Å². The summed E-state index contributed by atoms with van der Waals surface area (Å²) in [7, 11) is -0.933. The lowest BCUT2D eigenvalue weighted by atomic mass is 10.1. The van der Waals surface area contributed by atoms with Crippen LogP contribution in [-0.4, -0.2) is 55.9 Å². The molecule has 0 fully saturated rings. The number of hydrogen-bond donors (Lipinski definition) is 1. The summed E-state index contributed by atoms with van der Waals surface area (Å²) in [5, 5.41) is 0. The zero-order chi connectivity index (χ0) is 21.2. The van der Waals surface area contributed by atoms with Crippen molar-refractivity contribution >= 4 is 27.6 Å². The Morgan fingerprint density at radius 3 is 2.32 bits per heavy atom. The molecule has 0 aliphatic rings. The van der Waals surface area contributed by atoms with Gasteiger partial charge in [0.15, 0.2) is 12.4 Å². The number of carbonyl (C=O) groups is 3. The average molecular weight is 406 g/mol. The van der Waals surface area contributed by atoms with E-state index >= 15 is 0 Å². The van der Waals surface area contributed by atoms with Gasteiger partial charge in [-0.15, -0.1) is 0 Å². The number of hydrogen-bond acceptors (Lipinski definition) is 6. The summed E-state index contributed by atoms with van der Waals surface area (Å²) in [6.45, 7) is 4.20. The zero-order valence-electron chi connectivity index (χ0n) is 16.3. The number of nitrogens with zero attached hydrogens (tertiary/aromatic N) is 1. The van der Waals surface area contributed by atoms with Gasteiger partial charge in [0.2, 0.25) is 15.8 Å². The number of ketones is 2. The first-order valence-corrected chi connectivity index (χ1v) is 9.83. The highest BCUT2D eigenvalue weighted by molar-refractivity contribution is 7.89. The number of sulfonamides is 1. The topological polar surface area (TPSA) is 114 Å². The van der Waals surface area contributed by atoms with E-state index in [0.29, 0.717) is 16.8 Å². The summed E-state index contributed by atoms with van der Waals surface area (Å²) < 4.78 is 30.4. The smallest absolute Gasteiger partial charge is 0.338 e. The van der Waals surface area contributed by atoms with Gasteiger partial charge in [0.05, 0.1) is 16.2 Å². The molecule has 0 amide bonds. The van der Waals surface area contributed by atoms with Crippen LogP contribution < -0.4 is 0 Å². The lowest BCUT2D eigenvalue weighted by molar-refractivity contribution is 0.0473. The minimum Gasteiger partial charge on any atom is -0.454 e. The van der Waals surface area contributed by atoms with Crippen molar-refractivity contribution in [3.05, 3.63) is 52.3 Å². The molecule has 0 unspecified atom stereocenters. The van der Waals surface area contributed by atoms with Crippen molar-refractivity contribution in [1.82, 2.24) is 9.29 Å². The van der Waals surface area contributed by atoms with Gasteiger partial charge in [0.25, 0.3) is 0 Å². The van der Waals surface area contributed by atoms with Crippen molar-refractivity contribution in [3.63, 3.8) is 0 Å². The summed E-state index contributed by atoms with van der Waals surface area (Å²) in [6, 6.07) is 5.39. The van der Waals surface area contributed by atoms with Crippen molar-refractivity contribution in [2.45, 2.75) is 25.7 Å². The molecule has 1 aromatic heterocycles. The molecular formula is C19H22N2O6S. The highest BCUT2D eigenvalue weighted by Gasteiger charge is 2.22. The van der Waals surface area contributed by atoms with Crippen molar-refractivity contribution in [2.75, 3.05) is 20.7 Å². The molecule has 8 nitrogen and oxygen atoms in total. The molecule has 1 aromatic carbocycles.